The third kappa shape index (κ3) is 3.84. The standard InChI is InChI=1S/C14H23NS/c1-5-14(15)12-6-8-13(9-7-12)16-11(4)10(2)3/h6-11,14H,5,15H2,1-4H3/t11?,14-/m1/s1. The van der Waals surface area contributed by atoms with Crippen molar-refractivity contribution in [3.8, 4) is 0 Å². The molecule has 1 aromatic rings. The van der Waals surface area contributed by atoms with E-state index in [1.54, 1.807) is 0 Å². The molecule has 2 heteroatoms. The summed E-state index contributed by atoms with van der Waals surface area (Å²) in [6.45, 7) is 8.92. The molecule has 0 amide bonds. The van der Waals surface area contributed by atoms with Crippen molar-refractivity contribution in [1.82, 2.24) is 0 Å². The molecular weight excluding hydrogens is 214 g/mol. The zero-order chi connectivity index (χ0) is 12.1. The predicted octanol–water partition coefficient (Wildman–Crippen LogP) is 4.23. The molecule has 1 nitrogen and oxygen atoms in total. The second-order valence-corrected chi connectivity index (χ2v) is 6.10. The van der Waals surface area contributed by atoms with Gasteiger partial charge in [-0.05, 0) is 30.0 Å². The van der Waals surface area contributed by atoms with E-state index in [0.717, 1.165) is 6.42 Å². The molecule has 0 aromatic heterocycles. The molecule has 0 saturated carbocycles. The van der Waals surface area contributed by atoms with Gasteiger partial charge in [0.25, 0.3) is 0 Å². The zero-order valence-corrected chi connectivity index (χ0v) is 11.6. The first-order chi connectivity index (χ1) is 7.54. The highest BCUT2D eigenvalue weighted by Gasteiger charge is 2.09. The third-order valence-corrected chi connectivity index (χ3v) is 4.47. The van der Waals surface area contributed by atoms with Gasteiger partial charge in [0.1, 0.15) is 0 Å². The van der Waals surface area contributed by atoms with Crippen molar-refractivity contribution in [2.45, 2.75) is 50.3 Å². The third-order valence-electron chi connectivity index (χ3n) is 3.01. The molecule has 0 saturated heterocycles. The van der Waals surface area contributed by atoms with Gasteiger partial charge in [0.2, 0.25) is 0 Å². The minimum Gasteiger partial charge on any atom is -0.324 e. The van der Waals surface area contributed by atoms with E-state index in [1.807, 2.05) is 11.8 Å². The van der Waals surface area contributed by atoms with Gasteiger partial charge in [0, 0.05) is 16.2 Å². The van der Waals surface area contributed by atoms with Crippen LogP contribution in [0.4, 0.5) is 0 Å². The lowest BCUT2D eigenvalue weighted by atomic mass is 10.1. The molecule has 16 heavy (non-hydrogen) atoms. The Kier molecular flexibility index (Phi) is 5.36. The van der Waals surface area contributed by atoms with E-state index < -0.39 is 0 Å². The Labute approximate surface area is 104 Å². The van der Waals surface area contributed by atoms with Gasteiger partial charge < -0.3 is 5.73 Å². The lowest BCUT2D eigenvalue weighted by molar-refractivity contribution is 0.642. The summed E-state index contributed by atoms with van der Waals surface area (Å²) >= 11 is 1.94. The summed E-state index contributed by atoms with van der Waals surface area (Å²) in [5, 5.41) is 0.658. The highest BCUT2D eigenvalue weighted by Crippen LogP contribution is 2.28. The molecule has 0 aliphatic rings. The van der Waals surface area contributed by atoms with Gasteiger partial charge in [0.15, 0.2) is 0 Å². The van der Waals surface area contributed by atoms with Gasteiger partial charge in [-0.15, -0.1) is 11.8 Å². The molecule has 2 atom stereocenters. The molecule has 0 bridgehead atoms. The van der Waals surface area contributed by atoms with Crippen LogP contribution in [0.15, 0.2) is 29.2 Å². The van der Waals surface area contributed by atoms with Crippen LogP contribution in [0.3, 0.4) is 0 Å². The van der Waals surface area contributed by atoms with Gasteiger partial charge in [-0.1, -0.05) is 39.8 Å². The maximum Gasteiger partial charge on any atom is 0.0292 e. The number of hydrogen-bond acceptors (Lipinski definition) is 2. The van der Waals surface area contributed by atoms with E-state index in [9.17, 15) is 0 Å². The van der Waals surface area contributed by atoms with Crippen LogP contribution in [0, 0.1) is 5.92 Å². The molecule has 0 spiro atoms. The first-order valence-corrected chi connectivity index (χ1v) is 6.94. The summed E-state index contributed by atoms with van der Waals surface area (Å²) < 4.78 is 0. The van der Waals surface area contributed by atoms with Gasteiger partial charge in [-0.25, -0.2) is 0 Å². The van der Waals surface area contributed by atoms with E-state index >= 15 is 0 Å². The first-order valence-electron chi connectivity index (χ1n) is 6.06. The van der Waals surface area contributed by atoms with Crippen LogP contribution in [0.25, 0.3) is 0 Å². The average Bonchev–Trinajstić information content (AvgIpc) is 2.28. The fourth-order valence-electron chi connectivity index (χ4n) is 1.38. The fraction of sp³-hybridized carbons (Fsp3) is 0.571. The van der Waals surface area contributed by atoms with Crippen LogP contribution in [0.1, 0.15) is 45.7 Å². The van der Waals surface area contributed by atoms with Gasteiger partial charge in [0.05, 0.1) is 0 Å². The molecule has 0 radical (unpaired) electrons. The summed E-state index contributed by atoms with van der Waals surface area (Å²) in [6, 6.07) is 8.87. The minimum absolute atomic E-state index is 0.182. The van der Waals surface area contributed by atoms with E-state index in [4.69, 9.17) is 5.73 Å². The van der Waals surface area contributed by atoms with Crippen LogP contribution in [0.5, 0.6) is 0 Å². The summed E-state index contributed by atoms with van der Waals surface area (Å²) in [6.07, 6.45) is 0.995. The van der Waals surface area contributed by atoms with Crippen LogP contribution >= 0.6 is 11.8 Å². The van der Waals surface area contributed by atoms with Crippen LogP contribution in [-0.4, -0.2) is 5.25 Å². The number of thioether (sulfide) groups is 1. The molecule has 0 aliphatic carbocycles. The van der Waals surface area contributed by atoms with E-state index in [0.29, 0.717) is 11.2 Å². The maximum absolute atomic E-state index is 5.99. The molecule has 1 aromatic carbocycles. The summed E-state index contributed by atoms with van der Waals surface area (Å²) in [5.41, 5.74) is 7.23. The molecule has 0 aliphatic heterocycles. The SMILES string of the molecule is CC[C@@H](N)c1ccc(SC(C)C(C)C)cc1. The van der Waals surface area contributed by atoms with E-state index in [1.165, 1.54) is 10.5 Å². The predicted molar refractivity (Wildman–Crippen MR) is 73.8 cm³/mol. The van der Waals surface area contributed by atoms with Crippen molar-refractivity contribution >= 4 is 11.8 Å². The smallest absolute Gasteiger partial charge is 0.0292 e. The largest absolute Gasteiger partial charge is 0.324 e. The number of rotatable bonds is 5. The molecule has 90 valence electrons. The quantitative estimate of drug-likeness (QED) is 0.775. The molecule has 2 N–H and O–H groups in total. The summed E-state index contributed by atoms with van der Waals surface area (Å²) in [5.74, 6) is 0.711. The van der Waals surface area contributed by atoms with E-state index in [-0.39, 0.29) is 6.04 Å². The maximum atomic E-state index is 5.99. The Morgan fingerprint density at radius 2 is 1.69 bits per heavy atom. The number of hydrogen-bond donors (Lipinski definition) is 1. The van der Waals surface area contributed by atoms with Crippen LogP contribution in [-0.2, 0) is 0 Å². The highest BCUT2D eigenvalue weighted by molar-refractivity contribution is 8.00. The van der Waals surface area contributed by atoms with Crippen molar-refractivity contribution in [2.75, 3.05) is 0 Å². The van der Waals surface area contributed by atoms with Crippen molar-refractivity contribution in [2.24, 2.45) is 11.7 Å². The monoisotopic (exact) mass is 237 g/mol. The normalized spacial score (nSPS) is 15.1. The van der Waals surface area contributed by atoms with Crippen LogP contribution < -0.4 is 5.73 Å². The highest BCUT2D eigenvalue weighted by atomic mass is 32.2. The van der Waals surface area contributed by atoms with Crippen molar-refractivity contribution in [1.29, 1.82) is 0 Å². The Hall–Kier alpha value is -0.470. The topological polar surface area (TPSA) is 26.0 Å². The molecule has 0 fully saturated rings. The summed E-state index contributed by atoms with van der Waals surface area (Å²) in [7, 11) is 0. The van der Waals surface area contributed by atoms with Crippen molar-refractivity contribution in [3.05, 3.63) is 29.8 Å². The zero-order valence-electron chi connectivity index (χ0n) is 10.7. The van der Waals surface area contributed by atoms with Crippen molar-refractivity contribution < 1.29 is 0 Å². The molecule has 1 rings (SSSR count). The van der Waals surface area contributed by atoms with Gasteiger partial charge in [-0.3, -0.25) is 0 Å². The van der Waals surface area contributed by atoms with Gasteiger partial charge >= 0.3 is 0 Å². The van der Waals surface area contributed by atoms with Crippen LogP contribution in [0.2, 0.25) is 0 Å². The number of benzene rings is 1. The Bertz CT molecular complexity index is 305. The Morgan fingerprint density at radius 1 is 1.12 bits per heavy atom. The Balaban J connectivity index is 2.64. The summed E-state index contributed by atoms with van der Waals surface area (Å²) in [4.78, 5) is 1.34. The second kappa shape index (κ2) is 6.31. The molecular formula is C14H23NS. The first kappa shape index (κ1) is 13.6. The molecule has 0 heterocycles. The van der Waals surface area contributed by atoms with Gasteiger partial charge in [-0.2, -0.15) is 0 Å². The van der Waals surface area contributed by atoms with E-state index in [2.05, 4.69) is 52.0 Å². The number of nitrogens with two attached hydrogens (primary N) is 1. The lowest BCUT2D eigenvalue weighted by Gasteiger charge is -2.15. The lowest BCUT2D eigenvalue weighted by Crippen LogP contribution is -2.08. The van der Waals surface area contributed by atoms with Crippen molar-refractivity contribution in [3.63, 3.8) is 0 Å². The average molecular weight is 237 g/mol. The second-order valence-electron chi connectivity index (χ2n) is 4.65. The fourth-order valence-corrected chi connectivity index (χ4v) is 2.37. The molecule has 1 unspecified atom stereocenters. The Morgan fingerprint density at radius 3 is 2.12 bits per heavy atom. The minimum atomic E-state index is 0.182.